The van der Waals surface area contributed by atoms with Gasteiger partial charge in [0.1, 0.15) is 11.8 Å². The van der Waals surface area contributed by atoms with Gasteiger partial charge in [0.2, 0.25) is 5.91 Å². The second kappa shape index (κ2) is 12.4. The van der Waals surface area contributed by atoms with E-state index < -0.39 is 6.04 Å². The maximum Gasteiger partial charge on any atom is 0.261 e. The average Bonchev–Trinajstić information content (AvgIpc) is 2.77. The summed E-state index contributed by atoms with van der Waals surface area (Å²) >= 11 is 5.99. The van der Waals surface area contributed by atoms with Gasteiger partial charge >= 0.3 is 0 Å². The molecule has 168 valence electrons. The van der Waals surface area contributed by atoms with Crippen molar-refractivity contribution in [3.8, 4) is 5.75 Å². The highest BCUT2D eigenvalue weighted by molar-refractivity contribution is 6.30. The summed E-state index contributed by atoms with van der Waals surface area (Å²) < 4.78 is 5.75. The first-order chi connectivity index (χ1) is 14.8. The zero-order valence-electron chi connectivity index (χ0n) is 18.9. The lowest BCUT2D eigenvalue weighted by atomic mass is 10.0. The van der Waals surface area contributed by atoms with Gasteiger partial charge in [-0.05, 0) is 54.2 Å². The van der Waals surface area contributed by atoms with Gasteiger partial charge in [0, 0.05) is 18.1 Å². The number of nitrogens with zero attached hydrogens (tertiary/aromatic N) is 1. The SMILES string of the molecule is CCCNC(=O)C(CC)N(Cc1ccc(Cl)cc1)C(=O)COc1ccc(C(C)C)cc1. The number of ether oxygens (including phenoxy) is 1. The van der Waals surface area contributed by atoms with Crippen molar-refractivity contribution in [2.45, 2.75) is 59.0 Å². The van der Waals surface area contributed by atoms with Crippen LogP contribution < -0.4 is 10.1 Å². The Hall–Kier alpha value is -2.53. The van der Waals surface area contributed by atoms with Crippen LogP contribution in [0.4, 0.5) is 0 Å². The molecule has 0 saturated carbocycles. The molecule has 2 aromatic rings. The molecular formula is C25H33ClN2O3. The molecule has 5 nitrogen and oxygen atoms in total. The smallest absolute Gasteiger partial charge is 0.261 e. The first-order valence-corrected chi connectivity index (χ1v) is 11.3. The predicted molar refractivity (Wildman–Crippen MR) is 125 cm³/mol. The lowest BCUT2D eigenvalue weighted by Gasteiger charge is -2.30. The van der Waals surface area contributed by atoms with Crippen LogP contribution >= 0.6 is 11.6 Å². The van der Waals surface area contributed by atoms with Crippen LogP contribution in [0, 0.1) is 0 Å². The molecule has 2 rings (SSSR count). The van der Waals surface area contributed by atoms with Crippen LogP contribution in [-0.4, -0.2) is 35.9 Å². The third kappa shape index (κ3) is 7.59. The Morgan fingerprint density at radius 1 is 1.03 bits per heavy atom. The van der Waals surface area contributed by atoms with Crippen LogP contribution in [0.2, 0.25) is 5.02 Å². The second-order valence-corrected chi connectivity index (χ2v) is 8.31. The molecule has 2 aromatic carbocycles. The predicted octanol–water partition coefficient (Wildman–Crippen LogP) is 5.18. The fourth-order valence-electron chi connectivity index (χ4n) is 3.25. The number of hydrogen-bond acceptors (Lipinski definition) is 3. The van der Waals surface area contributed by atoms with Crippen molar-refractivity contribution < 1.29 is 14.3 Å². The maximum atomic E-state index is 13.1. The van der Waals surface area contributed by atoms with Crippen molar-refractivity contribution in [3.63, 3.8) is 0 Å². The third-order valence-corrected chi connectivity index (χ3v) is 5.36. The highest BCUT2D eigenvalue weighted by atomic mass is 35.5. The number of carbonyl (C=O) groups is 2. The van der Waals surface area contributed by atoms with Gasteiger partial charge in [-0.3, -0.25) is 9.59 Å². The number of carbonyl (C=O) groups excluding carboxylic acids is 2. The quantitative estimate of drug-likeness (QED) is 0.519. The number of nitrogens with one attached hydrogen (secondary N) is 1. The molecule has 0 heterocycles. The molecule has 0 saturated heterocycles. The Labute approximate surface area is 190 Å². The van der Waals surface area contributed by atoms with E-state index >= 15 is 0 Å². The van der Waals surface area contributed by atoms with E-state index in [-0.39, 0.29) is 18.4 Å². The van der Waals surface area contributed by atoms with E-state index in [0.29, 0.717) is 36.2 Å². The molecule has 0 spiro atoms. The maximum absolute atomic E-state index is 13.1. The first kappa shape index (κ1) is 24.7. The van der Waals surface area contributed by atoms with E-state index in [1.807, 2.05) is 50.2 Å². The molecule has 1 atom stereocenters. The molecule has 0 radical (unpaired) electrons. The van der Waals surface area contributed by atoms with Gasteiger partial charge in [-0.1, -0.05) is 63.6 Å². The minimum absolute atomic E-state index is 0.133. The summed E-state index contributed by atoms with van der Waals surface area (Å²) in [5.41, 5.74) is 2.11. The van der Waals surface area contributed by atoms with Crippen molar-refractivity contribution in [2.24, 2.45) is 0 Å². The Morgan fingerprint density at radius 2 is 1.68 bits per heavy atom. The first-order valence-electron chi connectivity index (χ1n) is 10.9. The van der Waals surface area contributed by atoms with Gasteiger partial charge in [0.15, 0.2) is 6.61 Å². The van der Waals surface area contributed by atoms with E-state index in [2.05, 4.69) is 19.2 Å². The molecule has 31 heavy (non-hydrogen) atoms. The van der Waals surface area contributed by atoms with E-state index in [9.17, 15) is 9.59 Å². The number of rotatable bonds is 11. The van der Waals surface area contributed by atoms with E-state index in [1.54, 1.807) is 17.0 Å². The van der Waals surface area contributed by atoms with Crippen molar-refractivity contribution >= 4 is 23.4 Å². The highest BCUT2D eigenvalue weighted by Gasteiger charge is 2.28. The molecule has 0 aliphatic heterocycles. The van der Waals surface area contributed by atoms with Crippen LogP contribution in [0.5, 0.6) is 5.75 Å². The summed E-state index contributed by atoms with van der Waals surface area (Å²) in [4.78, 5) is 27.5. The number of hydrogen-bond donors (Lipinski definition) is 1. The highest BCUT2D eigenvalue weighted by Crippen LogP contribution is 2.19. The normalized spacial score (nSPS) is 11.8. The van der Waals surface area contributed by atoms with Crippen molar-refractivity contribution in [2.75, 3.05) is 13.2 Å². The minimum Gasteiger partial charge on any atom is -0.484 e. The fourth-order valence-corrected chi connectivity index (χ4v) is 3.37. The lowest BCUT2D eigenvalue weighted by Crippen LogP contribution is -2.50. The lowest BCUT2D eigenvalue weighted by molar-refractivity contribution is -0.143. The summed E-state index contributed by atoms with van der Waals surface area (Å²) in [6.07, 6.45) is 1.35. The molecule has 0 fully saturated rings. The van der Waals surface area contributed by atoms with Gasteiger partial charge in [0.05, 0.1) is 0 Å². The number of amides is 2. The molecule has 0 bridgehead atoms. The monoisotopic (exact) mass is 444 g/mol. The molecule has 6 heteroatoms. The third-order valence-electron chi connectivity index (χ3n) is 5.11. The molecular weight excluding hydrogens is 412 g/mol. The Kier molecular flexibility index (Phi) is 9.86. The van der Waals surface area contributed by atoms with E-state index in [1.165, 1.54) is 5.56 Å². The largest absolute Gasteiger partial charge is 0.484 e. The van der Waals surface area contributed by atoms with E-state index in [4.69, 9.17) is 16.3 Å². The number of benzene rings is 2. The zero-order valence-corrected chi connectivity index (χ0v) is 19.6. The van der Waals surface area contributed by atoms with Crippen molar-refractivity contribution in [1.29, 1.82) is 0 Å². The summed E-state index contributed by atoms with van der Waals surface area (Å²) in [5, 5.41) is 3.54. The van der Waals surface area contributed by atoms with Gasteiger partial charge in [-0.2, -0.15) is 0 Å². The molecule has 0 aromatic heterocycles. The fraction of sp³-hybridized carbons (Fsp3) is 0.440. The van der Waals surface area contributed by atoms with Crippen LogP contribution in [0.3, 0.4) is 0 Å². The summed E-state index contributed by atoms with van der Waals surface area (Å²) in [5.74, 6) is 0.680. The van der Waals surface area contributed by atoms with E-state index in [0.717, 1.165) is 12.0 Å². The van der Waals surface area contributed by atoms with Crippen LogP contribution in [0.15, 0.2) is 48.5 Å². The second-order valence-electron chi connectivity index (χ2n) is 7.88. The van der Waals surface area contributed by atoms with Crippen LogP contribution in [0.25, 0.3) is 0 Å². The molecule has 2 amide bonds. The summed E-state index contributed by atoms with van der Waals surface area (Å²) in [7, 11) is 0. The van der Waals surface area contributed by atoms with Gasteiger partial charge in [0.25, 0.3) is 5.91 Å². The zero-order chi connectivity index (χ0) is 22.8. The summed E-state index contributed by atoms with van der Waals surface area (Å²) in [6.45, 7) is 8.91. The minimum atomic E-state index is -0.568. The van der Waals surface area contributed by atoms with Gasteiger partial charge in [-0.25, -0.2) is 0 Å². The summed E-state index contributed by atoms with van der Waals surface area (Å²) in [6, 6.07) is 14.5. The Balaban J connectivity index is 2.15. The molecule has 1 N–H and O–H groups in total. The van der Waals surface area contributed by atoms with Crippen LogP contribution in [0.1, 0.15) is 57.6 Å². The van der Waals surface area contributed by atoms with Crippen molar-refractivity contribution in [3.05, 3.63) is 64.7 Å². The number of halogens is 1. The van der Waals surface area contributed by atoms with Gasteiger partial charge in [-0.15, -0.1) is 0 Å². The average molecular weight is 445 g/mol. The topological polar surface area (TPSA) is 58.6 Å². The molecule has 0 aliphatic carbocycles. The van der Waals surface area contributed by atoms with Crippen LogP contribution in [-0.2, 0) is 16.1 Å². The Morgan fingerprint density at radius 3 is 2.23 bits per heavy atom. The molecule has 1 unspecified atom stereocenters. The molecule has 0 aliphatic rings. The van der Waals surface area contributed by atoms with Crippen molar-refractivity contribution in [1.82, 2.24) is 10.2 Å². The Bertz CT molecular complexity index is 835. The van der Waals surface area contributed by atoms with Gasteiger partial charge < -0.3 is 15.0 Å². The standard InChI is InChI=1S/C25H33ClN2O3/c1-5-15-27-25(30)23(6-2)28(16-19-7-11-21(26)12-8-19)24(29)17-31-22-13-9-20(10-14-22)18(3)4/h7-14,18,23H,5-6,15-17H2,1-4H3,(H,27,30).